The summed E-state index contributed by atoms with van der Waals surface area (Å²) in [6.45, 7) is 2.31. The standard InChI is InChI=1S/C20H23ClO2.2C2H2/c1-14-9-18(13-22)23-20(10-14)16-7-8-19(21)17(12-16)11-15-5-3-2-4-6-15;2*1-2/h2-8,12,14,18,20,22H,9-11,13H2,1H3;2*1-2H/t14-,18-,20+;;/m0../s1. The van der Waals surface area contributed by atoms with Crippen molar-refractivity contribution in [1.29, 1.82) is 0 Å². The SMILES string of the molecule is C#C.C#C.C[C@H]1C[C@@H](CO)O[C@@H](c2ccc(Cl)c(Cc3ccccc3)c2)C1. The Bertz CT molecular complexity index is 715. The van der Waals surface area contributed by atoms with Crippen molar-refractivity contribution >= 4 is 11.6 Å². The molecule has 1 saturated heterocycles. The number of aliphatic hydroxyl groups excluding tert-OH is 1. The molecule has 0 saturated carbocycles. The minimum atomic E-state index is -0.0583. The second-order valence-corrected chi connectivity index (χ2v) is 6.93. The van der Waals surface area contributed by atoms with Crippen LogP contribution in [0.3, 0.4) is 0 Å². The van der Waals surface area contributed by atoms with Crippen LogP contribution in [0.15, 0.2) is 48.5 Å². The van der Waals surface area contributed by atoms with Gasteiger partial charge in [0.1, 0.15) is 0 Å². The van der Waals surface area contributed by atoms with E-state index in [1.54, 1.807) is 0 Å². The van der Waals surface area contributed by atoms with Crippen LogP contribution in [0.5, 0.6) is 0 Å². The molecule has 2 aromatic rings. The molecule has 0 bridgehead atoms. The molecule has 142 valence electrons. The number of ether oxygens (including phenoxy) is 1. The summed E-state index contributed by atoms with van der Waals surface area (Å²) in [6, 6.07) is 16.5. The number of hydrogen-bond donors (Lipinski definition) is 1. The van der Waals surface area contributed by atoms with Gasteiger partial charge in [0.2, 0.25) is 0 Å². The Morgan fingerprint density at radius 3 is 2.33 bits per heavy atom. The summed E-state index contributed by atoms with van der Waals surface area (Å²) >= 11 is 6.39. The molecule has 3 rings (SSSR count). The van der Waals surface area contributed by atoms with Crippen LogP contribution in [0.25, 0.3) is 0 Å². The first-order valence-corrected chi connectivity index (χ1v) is 9.28. The molecule has 0 aromatic heterocycles. The highest BCUT2D eigenvalue weighted by atomic mass is 35.5. The first-order chi connectivity index (χ1) is 13.2. The second-order valence-electron chi connectivity index (χ2n) is 6.52. The van der Waals surface area contributed by atoms with Gasteiger partial charge in [-0.3, -0.25) is 0 Å². The van der Waals surface area contributed by atoms with Crippen LogP contribution >= 0.6 is 11.6 Å². The van der Waals surface area contributed by atoms with Crippen molar-refractivity contribution < 1.29 is 9.84 Å². The minimum absolute atomic E-state index is 0.0442. The van der Waals surface area contributed by atoms with E-state index in [0.29, 0.717) is 5.92 Å². The van der Waals surface area contributed by atoms with Crippen molar-refractivity contribution in [2.24, 2.45) is 5.92 Å². The highest BCUT2D eigenvalue weighted by molar-refractivity contribution is 6.31. The van der Waals surface area contributed by atoms with E-state index >= 15 is 0 Å². The van der Waals surface area contributed by atoms with Crippen molar-refractivity contribution in [2.45, 2.75) is 38.4 Å². The molecule has 0 unspecified atom stereocenters. The second kappa shape index (κ2) is 12.2. The molecule has 0 aliphatic carbocycles. The maximum absolute atomic E-state index is 9.42. The first kappa shape index (κ1) is 22.8. The number of hydrogen-bond acceptors (Lipinski definition) is 2. The topological polar surface area (TPSA) is 29.5 Å². The Kier molecular flexibility index (Phi) is 10.3. The van der Waals surface area contributed by atoms with E-state index < -0.39 is 0 Å². The van der Waals surface area contributed by atoms with Crippen molar-refractivity contribution in [3.63, 3.8) is 0 Å². The van der Waals surface area contributed by atoms with Gasteiger partial charge >= 0.3 is 0 Å². The minimum Gasteiger partial charge on any atom is -0.394 e. The lowest BCUT2D eigenvalue weighted by atomic mass is 9.89. The zero-order valence-electron chi connectivity index (χ0n) is 15.7. The Morgan fingerprint density at radius 1 is 1.04 bits per heavy atom. The summed E-state index contributed by atoms with van der Waals surface area (Å²) in [5.74, 6) is 0.555. The average Bonchev–Trinajstić information content (AvgIpc) is 2.73. The zero-order chi connectivity index (χ0) is 20.2. The molecular formula is C24H27ClO2. The van der Waals surface area contributed by atoms with Gasteiger partial charge in [-0.2, -0.15) is 0 Å². The quantitative estimate of drug-likeness (QED) is 0.729. The molecule has 1 N–H and O–H groups in total. The normalized spacial score (nSPS) is 21.1. The van der Waals surface area contributed by atoms with Crippen LogP contribution in [0, 0.1) is 31.6 Å². The molecule has 0 radical (unpaired) electrons. The first-order valence-electron chi connectivity index (χ1n) is 8.91. The van der Waals surface area contributed by atoms with Crippen LogP contribution in [-0.4, -0.2) is 17.8 Å². The van der Waals surface area contributed by atoms with Gasteiger partial charge in [-0.05, 0) is 47.9 Å². The lowest BCUT2D eigenvalue weighted by Crippen LogP contribution is -2.29. The Hall–Kier alpha value is -2.23. The molecule has 1 fully saturated rings. The number of benzene rings is 2. The summed E-state index contributed by atoms with van der Waals surface area (Å²) in [6.07, 6.45) is 18.7. The summed E-state index contributed by atoms with van der Waals surface area (Å²) in [5.41, 5.74) is 3.53. The van der Waals surface area contributed by atoms with Gasteiger partial charge in [-0.1, -0.05) is 61.0 Å². The van der Waals surface area contributed by atoms with Gasteiger partial charge in [0.05, 0.1) is 18.8 Å². The monoisotopic (exact) mass is 382 g/mol. The molecule has 27 heavy (non-hydrogen) atoms. The molecule has 1 heterocycles. The maximum atomic E-state index is 9.42. The largest absolute Gasteiger partial charge is 0.394 e. The van der Waals surface area contributed by atoms with Gasteiger partial charge in [0.15, 0.2) is 0 Å². The highest BCUT2D eigenvalue weighted by Crippen LogP contribution is 2.36. The van der Waals surface area contributed by atoms with Crippen LogP contribution in [0.4, 0.5) is 0 Å². The van der Waals surface area contributed by atoms with E-state index in [9.17, 15) is 5.11 Å². The van der Waals surface area contributed by atoms with Gasteiger partial charge < -0.3 is 9.84 Å². The van der Waals surface area contributed by atoms with E-state index in [0.717, 1.165) is 35.4 Å². The van der Waals surface area contributed by atoms with Crippen molar-refractivity contribution in [1.82, 2.24) is 0 Å². The lowest BCUT2D eigenvalue weighted by Gasteiger charge is -2.33. The smallest absolute Gasteiger partial charge is 0.0832 e. The Morgan fingerprint density at radius 2 is 1.70 bits per heavy atom. The van der Waals surface area contributed by atoms with Crippen molar-refractivity contribution in [3.8, 4) is 25.7 Å². The molecule has 0 spiro atoms. The molecule has 3 heteroatoms. The summed E-state index contributed by atoms with van der Waals surface area (Å²) < 4.78 is 6.04. The van der Waals surface area contributed by atoms with Gasteiger partial charge in [-0.25, -0.2) is 0 Å². The molecule has 3 atom stereocenters. The van der Waals surface area contributed by atoms with E-state index in [4.69, 9.17) is 16.3 Å². The fourth-order valence-corrected chi connectivity index (χ4v) is 3.52. The third-order valence-corrected chi connectivity index (χ3v) is 4.89. The number of aliphatic hydroxyl groups is 1. The van der Waals surface area contributed by atoms with Crippen LogP contribution in [0.2, 0.25) is 5.02 Å². The maximum Gasteiger partial charge on any atom is 0.0832 e. The third-order valence-electron chi connectivity index (χ3n) is 4.52. The zero-order valence-corrected chi connectivity index (χ0v) is 16.5. The van der Waals surface area contributed by atoms with E-state index in [1.165, 1.54) is 5.56 Å². The fraction of sp³-hybridized carbons (Fsp3) is 0.333. The Balaban J connectivity index is 0.000000855. The molecule has 0 amide bonds. The van der Waals surface area contributed by atoms with Crippen LogP contribution in [-0.2, 0) is 11.2 Å². The third kappa shape index (κ3) is 6.78. The molecule has 2 aromatic carbocycles. The average molecular weight is 383 g/mol. The summed E-state index contributed by atoms with van der Waals surface area (Å²) in [7, 11) is 0. The number of rotatable bonds is 4. The van der Waals surface area contributed by atoms with Crippen LogP contribution < -0.4 is 0 Å². The van der Waals surface area contributed by atoms with Crippen LogP contribution in [0.1, 0.15) is 42.6 Å². The van der Waals surface area contributed by atoms with E-state index in [1.807, 2.05) is 30.3 Å². The van der Waals surface area contributed by atoms with Crippen molar-refractivity contribution in [2.75, 3.05) is 6.61 Å². The van der Waals surface area contributed by atoms with E-state index in [-0.39, 0.29) is 18.8 Å². The van der Waals surface area contributed by atoms with E-state index in [2.05, 4.69) is 50.8 Å². The summed E-state index contributed by atoms with van der Waals surface area (Å²) in [5, 5.41) is 10.2. The van der Waals surface area contributed by atoms with Gasteiger partial charge in [-0.15, -0.1) is 25.7 Å². The van der Waals surface area contributed by atoms with Crippen molar-refractivity contribution in [3.05, 3.63) is 70.2 Å². The highest BCUT2D eigenvalue weighted by Gasteiger charge is 2.28. The van der Waals surface area contributed by atoms with Gasteiger partial charge in [0, 0.05) is 5.02 Å². The van der Waals surface area contributed by atoms with Gasteiger partial charge in [0.25, 0.3) is 0 Å². The predicted octanol–water partition coefficient (Wildman–Crippen LogP) is 5.28. The number of terminal acetylenes is 2. The Labute approximate surface area is 168 Å². The lowest BCUT2D eigenvalue weighted by molar-refractivity contribution is -0.0900. The molecule has 1 aliphatic heterocycles. The molecule has 1 aliphatic rings. The molecular weight excluding hydrogens is 356 g/mol. The predicted molar refractivity (Wildman–Crippen MR) is 114 cm³/mol. The fourth-order valence-electron chi connectivity index (χ4n) is 3.33. The number of halogens is 1. The molecule has 2 nitrogen and oxygen atoms in total. The summed E-state index contributed by atoms with van der Waals surface area (Å²) in [4.78, 5) is 0.